The molecule has 0 amide bonds. The third-order valence-corrected chi connectivity index (χ3v) is 3.96. The zero-order chi connectivity index (χ0) is 18.5. The zero-order valence-corrected chi connectivity index (χ0v) is 14.7. The Bertz CT molecular complexity index is 959. The van der Waals surface area contributed by atoms with Gasteiger partial charge < -0.3 is 13.9 Å². The normalized spacial score (nSPS) is 11.9. The Morgan fingerprint density at radius 2 is 1.85 bits per heavy atom. The monoisotopic (exact) mass is 352 g/mol. The molecule has 1 aromatic heterocycles. The number of ether oxygens (including phenoxy) is 2. The molecule has 0 aliphatic heterocycles. The molecular formula is C21H20O5. The largest absolute Gasteiger partial charge is 0.479 e. The minimum Gasteiger partial charge on any atom is -0.479 e. The second-order valence-electron chi connectivity index (χ2n) is 5.77. The maximum atomic E-state index is 12.5. The van der Waals surface area contributed by atoms with Crippen molar-refractivity contribution in [1.29, 1.82) is 0 Å². The summed E-state index contributed by atoms with van der Waals surface area (Å²) in [6.45, 7) is 3.88. The van der Waals surface area contributed by atoms with Crippen molar-refractivity contribution < 1.29 is 18.7 Å². The van der Waals surface area contributed by atoms with Crippen LogP contribution in [0.4, 0.5) is 0 Å². The minimum atomic E-state index is -0.706. The summed E-state index contributed by atoms with van der Waals surface area (Å²) >= 11 is 0. The molecule has 0 saturated carbocycles. The van der Waals surface area contributed by atoms with E-state index < -0.39 is 12.1 Å². The average molecular weight is 352 g/mol. The van der Waals surface area contributed by atoms with E-state index in [-0.39, 0.29) is 5.43 Å². The summed E-state index contributed by atoms with van der Waals surface area (Å²) in [6.07, 6.45) is -0.235. The SMILES string of the molecule is CCOC(=O)[C@@H](CC)Oc1ccc2oc(-c3ccccc3)cc(=O)c2c1. The summed E-state index contributed by atoms with van der Waals surface area (Å²) < 4.78 is 16.6. The summed E-state index contributed by atoms with van der Waals surface area (Å²) in [6, 6.07) is 15.9. The van der Waals surface area contributed by atoms with Gasteiger partial charge in [0.05, 0.1) is 12.0 Å². The lowest BCUT2D eigenvalue weighted by Gasteiger charge is -2.16. The fourth-order valence-electron chi connectivity index (χ4n) is 2.65. The topological polar surface area (TPSA) is 65.7 Å². The predicted molar refractivity (Wildman–Crippen MR) is 99.3 cm³/mol. The van der Waals surface area contributed by atoms with Gasteiger partial charge in [0.25, 0.3) is 0 Å². The van der Waals surface area contributed by atoms with Crippen LogP contribution in [0.25, 0.3) is 22.3 Å². The molecule has 3 aromatic rings. The van der Waals surface area contributed by atoms with Crippen LogP contribution < -0.4 is 10.2 Å². The minimum absolute atomic E-state index is 0.167. The molecule has 1 atom stereocenters. The van der Waals surface area contributed by atoms with E-state index in [2.05, 4.69) is 0 Å². The Balaban J connectivity index is 1.93. The van der Waals surface area contributed by atoms with Crippen molar-refractivity contribution in [1.82, 2.24) is 0 Å². The standard InChI is InChI=1S/C21H20O5/c1-3-18(21(23)24-4-2)25-15-10-11-19-16(12-15)17(22)13-20(26-19)14-8-6-5-7-9-14/h5-13,18H,3-4H2,1-2H3/t18-/m1/s1. The molecule has 1 heterocycles. The number of hydrogen-bond donors (Lipinski definition) is 0. The number of carbonyl (C=O) groups is 1. The van der Waals surface area contributed by atoms with Gasteiger partial charge in [0.15, 0.2) is 11.5 Å². The summed E-state index contributed by atoms with van der Waals surface area (Å²) in [5, 5.41) is 0.404. The Hall–Kier alpha value is -3.08. The molecule has 0 N–H and O–H groups in total. The van der Waals surface area contributed by atoms with Crippen molar-refractivity contribution in [3.8, 4) is 17.1 Å². The molecule has 0 aliphatic rings. The molecular weight excluding hydrogens is 332 g/mol. The molecule has 5 heteroatoms. The number of benzene rings is 2. The van der Waals surface area contributed by atoms with E-state index in [4.69, 9.17) is 13.9 Å². The van der Waals surface area contributed by atoms with E-state index in [1.807, 2.05) is 37.3 Å². The van der Waals surface area contributed by atoms with Crippen LogP contribution in [-0.4, -0.2) is 18.7 Å². The van der Waals surface area contributed by atoms with Crippen LogP contribution in [0, 0.1) is 0 Å². The van der Waals surface area contributed by atoms with Gasteiger partial charge in [-0.05, 0) is 31.5 Å². The average Bonchev–Trinajstić information content (AvgIpc) is 2.67. The first-order valence-electron chi connectivity index (χ1n) is 8.59. The molecule has 3 rings (SSSR count). The molecule has 26 heavy (non-hydrogen) atoms. The Morgan fingerprint density at radius 3 is 2.54 bits per heavy atom. The first-order valence-corrected chi connectivity index (χ1v) is 8.59. The van der Waals surface area contributed by atoms with Crippen LogP contribution in [0.2, 0.25) is 0 Å². The van der Waals surface area contributed by atoms with Gasteiger partial charge in [-0.1, -0.05) is 37.3 Å². The van der Waals surface area contributed by atoms with Crippen LogP contribution in [0.3, 0.4) is 0 Å². The molecule has 0 saturated heterocycles. The van der Waals surface area contributed by atoms with Crippen LogP contribution in [0.5, 0.6) is 5.75 Å². The lowest BCUT2D eigenvalue weighted by atomic mass is 10.1. The summed E-state index contributed by atoms with van der Waals surface area (Å²) in [5.41, 5.74) is 1.13. The van der Waals surface area contributed by atoms with E-state index in [1.54, 1.807) is 25.1 Å². The lowest BCUT2D eigenvalue weighted by Crippen LogP contribution is -2.28. The summed E-state index contributed by atoms with van der Waals surface area (Å²) in [7, 11) is 0. The molecule has 2 aromatic carbocycles. The van der Waals surface area contributed by atoms with Crippen LogP contribution in [0.1, 0.15) is 20.3 Å². The number of hydrogen-bond acceptors (Lipinski definition) is 5. The van der Waals surface area contributed by atoms with E-state index in [0.717, 1.165) is 5.56 Å². The van der Waals surface area contributed by atoms with Gasteiger partial charge in [0.2, 0.25) is 0 Å². The summed E-state index contributed by atoms with van der Waals surface area (Å²) in [4.78, 5) is 24.4. The molecule has 0 unspecified atom stereocenters. The van der Waals surface area contributed by atoms with Crippen molar-refractivity contribution in [3.05, 3.63) is 64.8 Å². The van der Waals surface area contributed by atoms with E-state index in [9.17, 15) is 9.59 Å². The zero-order valence-electron chi connectivity index (χ0n) is 14.7. The molecule has 5 nitrogen and oxygen atoms in total. The third-order valence-electron chi connectivity index (χ3n) is 3.96. The highest BCUT2D eigenvalue weighted by Crippen LogP contribution is 2.25. The predicted octanol–water partition coefficient (Wildman–Crippen LogP) is 4.18. The fraction of sp³-hybridized carbons (Fsp3) is 0.238. The number of rotatable bonds is 6. The third kappa shape index (κ3) is 3.77. The van der Waals surface area contributed by atoms with Crippen LogP contribution >= 0.6 is 0 Å². The first kappa shape index (κ1) is 17.7. The van der Waals surface area contributed by atoms with Crippen molar-refractivity contribution >= 4 is 16.9 Å². The van der Waals surface area contributed by atoms with Crippen molar-refractivity contribution in [2.45, 2.75) is 26.4 Å². The number of carbonyl (C=O) groups excluding carboxylic acids is 1. The highest BCUT2D eigenvalue weighted by molar-refractivity contribution is 5.80. The van der Waals surface area contributed by atoms with Gasteiger partial charge in [0.1, 0.15) is 17.1 Å². The number of esters is 1. The van der Waals surface area contributed by atoms with Gasteiger partial charge in [-0.3, -0.25) is 4.79 Å². The van der Waals surface area contributed by atoms with Gasteiger partial charge in [-0.2, -0.15) is 0 Å². The number of fused-ring (bicyclic) bond motifs is 1. The molecule has 0 radical (unpaired) electrons. The second-order valence-corrected chi connectivity index (χ2v) is 5.77. The van der Waals surface area contributed by atoms with Gasteiger partial charge in [-0.25, -0.2) is 4.79 Å². The quantitative estimate of drug-likeness (QED) is 0.623. The lowest BCUT2D eigenvalue weighted by molar-refractivity contribution is -0.151. The van der Waals surface area contributed by atoms with Crippen LogP contribution in [-0.2, 0) is 9.53 Å². The van der Waals surface area contributed by atoms with Gasteiger partial charge in [-0.15, -0.1) is 0 Å². The smallest absolute Gasteiger partial charge is 0.347 e. The highest BCUT2D eigenvalue weighted by Gasteiger charge is 2.20. The fourth-order valence-corrected chi connectivity index (χ4v) is 2.65. The second kappa shape index (κ2) is 7.87. The van der Waals surface area contributed by atoms with E-state index in [1.165, 1.54) is 6.07 Å². The maximum Gasteiger partial charge on any atom is 0.347 e. The Labute approximate surface area is 151 Å². The van der Waals surface area contributed by atoms with Gasteiger partial charge in [0, 0.05) is 11.6 Å². The molecule has 0 spiro atoms. The van der Waals surface area contributed by atoms with Crippen molar-refractivity contribution in [2.75, 3.05) is 6.61 Å². The van der Waals surface area contributed by atoms with E-state index in [0.29, 0.717) is 35.5 Å². The highest BCUT2D eigenvalue weighted by atomic mass is 16.6. The first-order chi connectivity index (χ1) is 12.6. The van der Waals surface area contributed by atoms with Gasteiger partial charge >= 0.3 is 5.97 Å². The molecule has 0 aliphatic carbocycles. The molecule has 0 fully saturated rings. The molecule has 0 bridgehead atoms. The van der Waals surface area contributed by atoms with Crippen molar-refractivity contribution in [2.24, 2.45) is 0 Å². The Morgan fingerprint density at radius 1 is 1.08 bits per heavy atom. The maximum absolute atomic E-state index is 12.5. The van der Waals surface area contributed by atoms with Crippen LogP contribution in [0.15, 0.2) is 63.8 Å². The van der Waals surface area contributed by atoms with Crippen molar-refractivity contribution in [3.63, 3.8) is 0 Å². The summed E-state index contributed by atoms with van der Waals surface area (Å²) in [5.74, 6) is 0.522. The van der Waals surface area contributed by atoms with E-state index >= 15 is 0 Å². The molecule has 134 valence electrons. The Kier molecular flexibility index (Phi) is 5.37.